The van der Waals surface area contributed by atoms with Gasteiger partial charge in [-0.25, -0.2) is 0 Å². The van der Waals surface area contributed by atoms with Crippen molar-refractivity contribution in [1.29, 1.82) is 0 Å². The van der Waals surface area contributed by atoms with Gasteiger partial charge in [-0.2, -0.15) is 0 Å². The van der Waals surface area contributed by atoms with Crippen molar-refractivity contribution in [2.45, 2.75) is 0 Å². The summed E-state index contributed by atoms with van der Waals surface area (Å²) in [4.78, 5) is 12.5. The fourth-order valence-corrected chi connectivity index (χ4v) is 2.00. The molecule has 0 radical (unpaired) electrons. The first-order chi connectivity index (χ1) is 9.36. The van der Waals surface area contributed by atoms with E-state index < -0.39 is 0 Å². The lowest BCUT2D eigenvalue weighted by atomic mass is 9.97. The minimum Gasteiger partial charge on any atom is -0.364 e. The Kier molecular flexibility index (Phi) is 2.94. The van der Waals surface area contributed by atoms with Crippen LogP contribution < -0.4 is 0 Å². The monoisotopic (exact) mass is 249 g/mol. The number of aromatic nitrogens is 1. The maximum atomic E-state index is 12.5. The van der Waals surface area contributed by atoms with E-state index in [-0.39, 0.29) is 5.78 Å². The lowest BCUT2D eigenvalue weighted by Crippen LogP contribution is -2.03. The van der Waals surface area contributed by atoms with E-state index in [0.717, 1.165) is 5.56 Å². The van der Waals surface area contributed by atoms with Gasteiger partial charge >= 0.3 is 0 Å². The van der Waals surface area contributed by atoms with Crippen LogP contribution in [0.5, 0.6) is 0 Å². The number of nitrogens with zero attached hydrogens (tertiary/aromatic N) is 1. The van der Waals surface area contributed by atoms with Gasteiger partial charge in [0.25, 0.3) is 0 Å². The Hall–Kier alpha value is -2.68. The Bertz CT molecular complexity index is 688. The molecule has 2 aromatic carbocycles. The van der Waals surface area contributed by atoms with Crippen molar-refractivity contribution in [1.82, 2.24) is 5.16 Å². The number of rotatable bonds is 3. The van der Waals surface area contributed by atoms with Crippen LogP contribution in [0.25, 0.3) is 11.3 Å². The van der Waals surface area contributed by atoms with Crippen LogP contribution >= 0.6 is 0 Å². The molecule has 1 heterocycles. The summed E-state index contributed by atoms with van der Waals surface area (Å²) < 4.78 is 4.85. The smallest absolute Gasteiger partial charge is 0.193 e. The first-order valence-corrected chi connectivity index (χ1v) is 5.96. The van der Waals surface area contributed by atoms with Gasteiger partial charge in [0.1, 0.15) is 12.0 Å². The van der Waals surface area contributed by atoms with Crippen molar-refractivity contribution in [3.05, 3.63) is 78.1 Å². The average molecular weight is 249 g/mol. The van der Waals surface area contributed by atoms with Gasteiger partial charge in [0.15, 0.2) is 5.78 Å². The molecule has 3 nitrogen and oxygen atoms in total. The second-order valence-electron chi connectivity index (χ2n) is 4.13. The number of ketones is 1. The minimum absolute atomic E-state index is 0.0146. The highest BCUT2D eigenvalue weighted by atomic mass is 16.5. The molecule has 0 aliphatic rings. The zero-order chi connectivity index (χ0) is 13.1. The van der Waals surface area contributed by atoms with Gasteiger partial charge in [0.05, 0.1) is 0 Å². The van der Waals surface area contributed by atoms with E-state index in [2.05, 4.69) is 5.16 Å². The molecular formula is C16H11NO2. The first kappa shape index (κ1) is 11.4. The summed E-state index contributed by atoms with van der Waals surface area (Å²) in [6.07, 6.45) is 1.50. The molecule has 0 bridgehead atoms. The average Bonchev–Trinajstić information content (AvgIpc) is 3.01. The molecule has 3 heteroatoms. The molecule has 1 aromatic heterocycles. The Morgan fingerprint density at radius 2 is 1.63 bits per heavy atom. The molecule has 0 saturated carbocycles. The normalized spacial score (nSPS) is 10.3. The van der Waals surface area contributed by atoms with Crippen molar-refractivity contribution >= 4 is 5.78 Å². The van der Waals surface area contributed by atoms with E-state index in [1.807, 2.05) is 48.5 Å². The summed E-state index contributed by atoms with van der Waals surface area (Å²) in [6, 6.07) is 18.4. The van der Waals surface area contributed by atoms with E-state index in [1.165, 1.54) is 6.26 Å². The van der Waals surface area contributed by atoms with Crippen LogP contribution in [-0.2, 0) is 0 Å². The zero-order valence-corrected chi connectivity index (χ0v) is 10.1. The van der Waals surface area contributed by atoms with Crippen LogP contribution in [0.1, 0.15) is 15.9 Å². The summed E-state index contributed by atoms with van der Waals surface area (Å²) in [5.41, 5.74) is 2.74. The van der Waals surface area contributed by atoms with E-state index in [4.69, 9.17) is 4.52 Å². The minimum atomic E-state index is -0.0146. The number of carbonyl (C=O) groups excluding carboxylic acids is 1. The van der Waals surface area contributed by atoms with E-state index in [0.29, 0.717) is 16.8 Å². The predicted octanol–water partition coefficient (Wildman–Crippen LogP) is 3.57. The number of hydrogen-bond donors (Lipinski definition) is 0. The summed E-state index contributed by atoms with van der Waals surface area (Å²) in [5.74, 6) is -0.0146. The fourth-order valence-electron chi connectivity index (χ4n) is 2.00. The van der Waals surface area contributed by atoms with Crippen LogP contribution in [0.15, 0.2) is 71.4 Å². The number of carbonyl (C=O) groups is 1. The van der Waals surface area contributed by atoms with Gasteiger partial charge in [0, 0.05) is 22.8 Å². The number of benzene rings is 2. The highest BCUT2D eigenvalue weighted by Gasteiger charge is 2.15. The van der Waals surface area contributed by atoms with Crippen molar-refractivity contribution < 1.29 is 9.32 Å². The molecule has 0 saturated heterocycles. The second kappa shape index (κ2) is 4.90. The molecule has 3 rings (SSSR count). The van der Waals surface area contributed by atoms with Crippen LogP contribution in [-0.4, -0.2) is 10.9 Å². The Morgan fingerprint density at radius 3 is 2.37 bits per heavy atom. The van der Waals surface area contributed by atoms with Crippen molar-refractivity contribution in [2.75, 3.05) is 0 Å². The zero-order valence-electron chi connectivity index (χ0n) is 10.1. The highest BCUT2D eigenvalue weighted by molar-refractivity contribution is 6.12. The third-order valence-electron chi connectivity index (χ3n) is 2.92. The maximum absolute atomic E-state index is 12.5. The molecule has 0 atom stereocenters. The molecule has 0 fully saturated rings. The van der Waals surface area contributed by atoms with Crippen molar-refractivity contribution in [3.8, 4) is 11.3 Å². The third-order valence-corrected chi connectivity index (χ3v) is 2.92. The van der Waals surface area contributed by atoms with E-state index >= 15 is 0 Å². The summed E-state index contributed by atoms with van der Waals surface area (Å²) in [7, 11) is 0. The van der Waals surface area contributed by atoms with Crippen LogP contribution in [0.2, 0.25) is 0 Å². The van der Waals surface area contributed by atoms with Crippen LogP contribution in [0.3, 0.4) is 0 Å². The fraction of sp³-hybridized carbons (Fsp3) is 0. The Morgan fingerprint density at radius 1 is 0.895 bits per heavy atom. The van der Waals surface area contributed by atoms with Crippen molar-refractivity contribution in [3.63, 3.8) is 0 Å². The van der Waals surface area contributed by atoms with Gasteiger partial charge in [-0.05, 0) is 0 Å². The van der Waals surface area contributed by atoms with Gasteiger partial charge < -0.3 is 4.52 Å². The lowest BCUT2D eigenvalue weighted by molar-refractivity contribution is 0.103. The summed E-state index contributed by atoms with van der Waals surface area (Å²) in [5, 5.41) is 3.90. The molecule has 0 aliphatic heterocycles. The molecule has 92 valence electrons. The topological polar surface area (TPSA) is 43.1 Å². The molecular weight excluding hydrogens is 238 g/mol. The lowest BCUT2D eigenvalue weighted by Gasteiger charge is -2.06. The van der Waals surface area contributed by atoms with Crippen molar-refractivity contribution in [2.24, 2.45) is 0 Å². The summed E-state index contributed by atoms with van der Waals surface area (Å²) in [6.45, 7) is 0. The molecule has 0 N–H and O–H groups in total. The van der Waals surface area contributed by atoms with Crippen LogP contribution in [0, 0.1) is 0 Å². The van der Waals surface area contributed by atoms with E-state index in [1.54, 1.807) is 12.1 Å². The Labute approximate surface area is 110 Å². The van der Waals surface area contributed by atoms with E-state index in [9.17, 15) is 4.79 Å². The molecule has 0 unspecified atom stereocenters. The highest BCUT2D eigenvalue weighted by Crippen LogP contribution is 2.24. The quantitative estimate of drug-likeness (QED) is 0.666. The van der Waals surface area contributed by atoms with Gasteiger partial charge in [-0.1, -0.05) is 59.8 Å². The molecule has 0 spiro atoms. The largest absolute Gasteiger partial charge is 0.364 e. The number of hydrogen-bond acceptors (Lipinski definition) is 3. The molecule has 3 aromatic rings. The first-order valence-electron chi connectivity index (χ1n) is 5.96. The second-order valence-corrected chi connectivity index (χ2v) is 4.13. The molecule has 0 amide bonds. The Balaban J connectivity index is 2.09. The third kappa shape index (κ3) is 2.18. The van der Waals surface area contributed by atoms with Gasteiger partial charge in [-0.3, -0.25) is 4.79 Å². The SMILES string of the molecule is O=C(c1ccccc1)c1ccccc1-c1ccon1. The predicted molar refractivity (Wildman–Crippen MR) is 71.8 cm³/mol. The standard InChI is InChI=1S/C16H11NO2/c18-16(12-6-2-1-3-7-12)14-9-5-4-8-13(14)15-10-11-19-17-15/h1-11H. The van der Waals surface area contributed by atoms with Gasteiger partial charge in [0.2, 0.25) is 0 Å². The molecule has 0 aliphatic carbocycles. The van der Waals surface area contributed by atoms with Gasteiger partial charge in [-0.15, -0.1) is 0 Å². The summed E-state index contributed by atoms with van der Waals surface area (Å²) >= 11 is 0. The maximum Gasteiger partial charge on any atom is 0.193 e. The van der Waals surface area contributed by atoms with Crippen LogP contribution in [0.4, 0.5) is 0 Å². The molecule has 19 heavy (non-hydrogen) atoms.